The Morgan fingerprint density at radius 3 is 2.54 bits per heavy atom. The second-order valence-corrected chi connectivity index (χ2v) is 7.28. The predicted octanol–water partition coefficient (Wildman–Crippen LogP) is 3.34. The van der Waals surface area contributed by atoms with E-state index in [2.05, 4.69) is 10.4 Å². The van der Waals surface area contributed by atoms with Crippen molar-refractivity contribution in [2.45, 2.75) is 17.9 Å². The van der Waals surface area contributed by atoms with Gasteiger partial charge in [-0.15, -0.1) is 11.8 Å². The van der Waals surface area contributed by atoms with Crippen LogP contribution in [0.25, 0.3) is 0 Å². The lowest BCUT2D eigenvalue weighted by Gasteiger charge is -2.08. The molecule has 144 valence electrons. The summed E-state index contributed by atoms with van der Waals surface area (Å²) in [5.41, 5.74) is 0.894. The second-order valence-electron chi connectivity index (χ2n) is 6.11. The fourth-order valence-electron chi connectivity index (χ4n) is 2.53. The quantitative estimate of drug-likeness (QED) is 0.468. The first-order valence-electron chi connectivity index (χ1n) is 8.90. The van der Waals surface area contributed by atoms with Crippen LogP contribution in [0.2, 0.25) is 0 Å². The molecule has 0 spiro atoms. The Morgan fingerprint density at radius 2 is 1.79 bits per heavy atom. The van der Waals surface area contributed by atoms with Crippen LogP contribution in [0.5, 0.6) is 0 Å². The molecule has 1 heterocycles. The van der Waals surface area contributed by atoms with Crippen LogP contribution in [0.1, 0.15) is 22.5 Å². The molecule has 1 N–H and O–H groups in total. The average Bonchev–Trinajstić information content (AvgIpc) is 2.71. The third-order valence-electron chi connectivity index (χ3n) is 3.96. The molecule has 7 heteroatoms. The van der Waals surface area contributed by atoms with E-state index in [0.717, 1.165) is 22.6 Å². The molecule has 0 fully saturated rings. The number of hydrogen-bond donors (Lipinski definition) is 1. The molecular weight excluding hydrogens is 377 g/mol. The first-order chi connectivity index (χ1) is 13.6. The number of carbonyl (C=O) groups excluding carboxylic acids is 1. The Hall–Kier alpha value is -2.93. The third kappa shape index (κ3) is 5.79. The van der Waals surface area contributed by atoms with Crippen LogP contribution < -0.4 is 10.9 Å². The molecule has 2 aromatic carbocycles. The Labute approximate surface area is 166 Å². The summed E-state index contributed by atoms with van der Waals surface area (Å²) in [6.45, 7) is 0.807. The molecule has 0 bridgehead atoms. The van der Waals surface area contributed by atoms with Gasteiger partial charge in [0, 0.05) is 17.5 Å². The molecule has 0 unspecified atom stereocenters. The van der Waals surface area contributed by atoms with Crippen LogP contribution in [0, 0.1) is 5.82 Å². The van der Waals surface area contributed by atoms with Crippen LogP contribution in [-0.2, 0) is 6.54 Å². The van der Waals surface area contributed by atoms with Crippen LogP contribution in [0.3, 0.4) is 0 Å². The Kier molecular flexibility index (Phi) is 6.97. The van der Waals surface area contributed by atoms with E-state index in [4.69, 9.17) is 0 Å². The van der Waals surface area contributed by atoms with Crippen molar-refractivity contribution in [3.63, 3.8) is 0 Å². The number of hydrogen-bond acceptors (Lipinski definition) is 4. The van der Waals surface area contributed by atoms with Crippen molar-refractivity contribution < 1.29 is 9.18 Å². The average molecular weight is 397 g/mol. The van der Waals surface area contributed by atoms with Crippen LogP contribution >= 0.6 is 11.8 Å². The highest BCUT2D eigenvalue weighted by atomic mass is 32.2. The van der Waals surface area contributed by atoms with Gasteiger partial charge in [0.25, 0.3) is 11.5 Å². The number of rotatable bonds is 8. The van der Waals surface area contributed by atoms with E-state index < -0.39 is 0 Å². The summed E-state index contributed by atoms with van der Waals surface area (Å²) in [4.78, 5) is 25.3. The lowest BCUT2D eigenvalue weighted by Crippen LogP contribution is -2.30. The van der Waals surface area contributed by atoms with Gasteiger partial charge in [0.2, 0.25) is 0 Å². The monoisotopic (exact) mass is 397 g/mol. The minimum absolute atomic E-state index is 0.210. The summed E-state index contributed by atoms with van der Waals surface area (Å²) in [6, 6.07) is 18.6. The van der Waals surface area contributed by atoms with Gasteiger partial charge in [-0.25, -0.2) is 9.07 Å². The van der Waals surface area contributed by atoms with Crippen LogP contribution in [0.4, 0.5) is 4.39 Å². The van der Waals surface area contributed by atoms with E-state index in [9.17, 15) is 14.0 Å². The summed E-state index contributed by atoms with van der Waals surface area (Å²) in [5, 5.41) is 6.99. The van der Waals surface area contributed by atoms with E-state index in [1.807, 2.05) is 30.3 Å². The van der Waals surface area contributed by atoms with E-state index in [0.29, 0.717) is 13.1 Å². The SMILES string of the molecule is O=C(NCCCSc1ccc(F)cc1)c1ccc(=O)n(Cc2ccccc2)n1. The van der Waals surface area contributed by atoms with Gasteiger partial charge in [0.1, 0.15) is 11.5 Å². The third-order valence-corrected chi connectivity index (χ3v) is 5.06. The summed E-state index contributed by atoms with van der Waals surface area (Å²) >= 11 is 1.60. The maximum absolute atomic E-state index is 12.9. The summed E-state index contributed by atoms with van der Waals surface area (Å²) in [6.07, 6.45) is 0.761. The zero-order chi connectivity index (χ0) is 19.8. The van der Waals surface area contributed by atoms with Gasteiger partial charge in [-0.1, -0.05) is 30.3 Å². The molecule has 3 rings (SSSR count). The van der Waals surface area contributed by atoms with Crippen molar-refractivity contribution in [2.75, 3.05) is 12.3 Å². The number of nitrogens with zero attached hydrogens (tertiary/aromatic N) is 2. The lowest BCUT2D eigenvalue weighted by atomic mass is 10.2. The maximum atomic E-state index is 12.9. The molecule has 3 aromatic rings. The number of benzene rings is 2. The first kappa shape index (κ1) is 19.8. The van der Waals surface area contributed by atoms with Crippen molar-refractivity contribution >= 4 is 17.7 Å². The Bertz CT molecular complexity index is 975. The summed E-state index contributed by atoms with van der Waals surface area (Å²) in [5.74, 6) is 0.235. The van der Waals surface area contributed by atoms with E-state index in [-0.39, 0.29) is 23.0 Å². The van der Waals surface area contributed by atoms with E-state index in [1.165, 1.54) is 28.9 Å². The molecule has 0 saturated heterocycles. The highest BCUT2D eigenvalue weighted by Crippen LogP contribution is 2.18. The molecule has 1 aromatic heterocycles. The largest absolute Gasteiger partial charge is 0.351 e. The highest BCUT2D eigenvalue weighted by Gasteiger charge is 2.09. The number of nitrogens with one attached hydrogen (secondary N) is 1. The van der Waals surface area contributed by atoms with Crippen LogP contribution in [-0.4, -0.2) is 28.0 Å². The van der Waals surface area contributed by atoms with Crippen molar-refractivity contribution in [3.05, 3.63) is 94.2 Å². The summed E-state index contributed by atoms with van der Waals surface area (Å²) in [7, 11) is 0. The predicted molar refractivity (Wildman–Crippen MR) is 108 cm³/mol. The normalized spacial score (nSPS) is 10.6. The topological polar surface area (TPSA) is 64.0 Å². The molecule has 5 nitrogen and oxygen atoms in total. The lowest BCUT2D eigenvalue weighted by molar-refractivity contribution is 0.0946. The minimum Gasteiger partial charge on any atom is -0.351 e. The molecule has 1 amide bonds. The van der Waals surface area contributed by atoms with E-state index in [1.54, 1.807) is 23.9 Å². The molecule has 0 aliphatic carbocycles. The molecule has 0 saturated carbocycles. The molecule has 0 aliphatic heterocycles. The molecule has 0 aliphatic rings. The van der Waals surface area contributed by atoms with Gasteiger partial charge in [0.05, 0.1) is 6.54 Å². The van der Waals surface area contributed by atoms with Crippen molar-refractivity contribution in [1.29, 1.82) is 0 Å². The number of amides is 1. The Balaban J connectivity index is 1.49. The van der Waals surface area contributed by atoms with Gasteiger partial charge in [-0.2, -0.15) is 5.10 Å². The van der Waals surface area contributed by atoms with Gasteiger partial charge < -0.3 is 5.32 Å². The van der Waals surface area contributed by atoms with Gasteiger partial charge in [-0.05, 0) is 48.1 Å². The first-order valence-corrected chi connectivity index (χ1v) is 9.89. The van der Waals surface area contributed by atoms with Gasteiger partial charge in [0.15, 0.2) is 0 Å². The number of halogens is 1. The fraction of sp³-hybridized carbons (Fsp3) is 0.190. The number of aromatic nitrogens is 2. The van der Waals surface area contributed by atoms with Crippen molar-refractivity contribution in [3.8, 4) is 0 Å². The minimum atomic E-state index is -0.311. The molecule has 0 radical (unpaired) electrons. The zero-order valence-corrected chi connectivity index (χ0v) is 16.0. The molecular formula is C21H20FN3O2S. The number of carbonyl (C=O) groups is 1. The van der Waals surface area contributed by atoms with Gasteiger partial charge in [-0.3, -0.25) is 9.59 Å². The van der Waals surface area contributed by atoms with Crippen LogP contribution in [0.15, 0.2) is 76.4 Å². The fourth-order valence-corrected chi connectivity index (χ4v) is 3.38. The second kappa shape index (κ2) is 9.85. The van der Waals surface area contributed by atoms with Crippen molar-refractivity contribution in [2.24, 2.45) is 0 Å². The van der Waals surface area contributed by atoms with E-state index >= 15 is 0 Å². The molecule has 0 atom stereocenters. The van der Waals surface area contributed by atoms with Crippen molar-refractivity contribution in [1.82, 2.24) is 15.1 Å². The maximum Gasteiger partial charge on any atom is 0.271 e. The number of thioether (sulfide) groups is 1. The zero-order valence-electron chi connectivity index (χ0n) is 15.2. The Morgan fingerprint density at radius 1 is 1.04 bits per heavy atom. The standard InChI is InChI=1S/C21H20FN3O2S/c22-17-7-9-18(10-8-17)28-14-4-13-23-21(27)19-11-12-20(26)25(24-19)15-16-5-2-1-3-6-16/h1-3,5-12H,4,13-15H2,(H,23,27). The van der Waals surface area contributed by atoms with Gasteiger partial charge >= 0.3 is 0 Å². The smallest absolute Gasteiger partial charge is 0.271 e. The molecule has 28 heavy (non-hydrogen) atoms. The highest BCUT2D eigenvalue weighted by molar-refractivity contribution is 7.99. The summed E-state index contributed by atoms with van der Waals surface area (Å²) < 4.78 is 14.2.